The van der Waals surface area contributed by atoms with Crippen LogP contribution >= 0.6 is 12.4 Å². The van der Waals surface area contributed by atoms with E-state index in [1.807, 2.05) is 0 Å². The highest BCUT2D eigenvalue weighted by atomic mass is 35.5. The van der Waals surface area contributed by atoms with E-state index in [0.717, 1.165) is 37.7 Å². The van der Waals surface area contributed by atoms with Crippen LogP contribution in [0.5, 0.6) is 0 Å². The number of nitrogens with zero attached hydrogens (tertiary/aromatic N) is 2. The Morgan fingerprint density at radius 3 is 2.43 bits per heavy atom. The van der Waals surface area contributed by atoms with Gasteiger partial charge in [0.25, 0.3) is 0 Å². The quantitative estimate of drug-likeness (QED) is 0.868. The van der Waals surface area contributed by atoms with Gasteiger partial charge in [0.1, 0.15) is 16.5 Å². The van der Waals surface area contributed by atoms with Crippen molar-refractivity contribution in [1.82, 2.24) is 14.5 Å². The van der Waals surface area contributed by atoms with Crippen LogP contribution in [0.4, 0.5) is 8.78 Å². The molecule has 2 saturated heterocycles. The Labute approximate surface area is 141 Å². The van der Waals surface area contributed by atoms with Crippen LogP contribution in [0.15, 0.2) is 23.1 Å². The second kappa shape index (κ2) is 7.40. The number of sulfonamides is 1. The van der Waals surface area contributed by atoms with Crippen molar-refractivity contribution in [3.8, 4) is 0 Å². The van der Waals surface area contributed by atoms with E-state index in [9.17, 15) is 17.2 Å². The third-order valence-electron chi connectivity index (χ3n) is 4.34. The molecule has 0 amide bonds. The number of rotatable bonds is 3. The van der Waals surface area contributed by atoms with E-state index in [1.165, 1.54) is 4.31 Å². The van der Waals surface area contributed by atoms with E-state index in [4.69, 9.17) is 0 Å². The van der Waals surface area contributed by atoms with Gasteiger partial charge < -0.3 is 5.32 Å². The summed E-state index contributed by atoms with van der Waals surface area (Å²) in [4.78, 5) is 1.68. The summed E-state index contributed by atoms with van der Waals surface area (Å²) in [6.45, 7) is 3.73. The van der Waals surface area contributed by atoms with Crippen molar-refractivity contribution < 1.29 is 17.2 Å². The summed E-state index contributed by atoms with van der Waals surface area (Å²) in [5.74, 6) is -1.67. The number of hydrogen-bond donors (Lipinski definition) is 1. The minimum Gasteiger partial charge on any atom is -0.315 e. The van der Waals surface area contributed by atoms with Crippen LogP contribution in [0.3, 0.4) is 0 Å². The van der Waals surface area contributed by atoms with Crippen LogP contribution in [0.1, 0.15) is 6.42 Å². The zero-order valence-corrected chi connectivity index (χ0v) is 14.2. The Morgan fingerprint density at radius 1 is 1.13 bits per heavy atom. The van der Waals surface area contributed by atoms with Gasteiger partial charge in [-0.15, -0.1) is 12.4 Å². The molecule has 1 atom stereocenters. The molecule has 0 saturated carbocycles. The number of halogens is 3. The molecule has 2 aliphatic heterocycles. The number of benzene rings is 1. The van der Waals surface area contributed by atoms with Crippen LogP contribution in [0.25, 0.3) is 0 Å². The summed E-state index contributed by atoms with van der Waals surface area (Å²) in [5.41, 5.74) is 0. The Kier molecular flexibility index (Phi) is 5.96. The molecule has 0 aliphatic carbocycles. The SMILES string of the molecule is Cl.O=S(=O)(c1cc(F)ccc1F)N1CCN(C2CCNC2)CC1. The topological polar surface area (TPSA) is 52.7 Å². The Bertz CT molecular complexity index is 645. The van der Waals surface area contributed by atoms with Gasteiger partial charge in [0.15, 0.2) is 0 Å². The average Bonchev–Trinajstić information content (AvgIpc) is 3.04. The highest BCUT2D eigenvalue weighted by Gasteiger charge is 2.33. The van der Waals surface area contributed by atoms with Gasteiger partial charge in [-0.05, 0) is 31.2 Å². The van der Waals surface area contributed by atoms with Crippen LogP contribution in [-0.2, 0) is 10.0 Å². The Hall–Kier alpha value is -0.800. The first kappa shape index (κ1) is 18.5. The number of nitrogens with one attached hydrogen (secondary N) is 1. The lowest BCUT2D eigenvalue weighted by Crippen LogP contribution is -2.52. The maximum absolute atomic E-state index is 13.8. The third kappa shape index (κ3) is 3.83. The lowest BCUT2D eigenvalue weighted by molar-refractivity contribution is 0.145. The standard InChI is InChI=1S/C14H19F2N3O2S.ClH/c15-11-1-2-13(16)14(9-11)22(20,21)19-7-5-18(6-8-19)12-3-4-17-10-12;/h1-2,9,12,17H,3-8,10H2;1H. The zero-order valence-electron chi connectivity index (χ0n) is 12.5. The fourth-order valence-corrected chi connectivity index (χ4v) is 4.57. The molecule has 23 heavy (non-hydrogen) atoms. The molecule has 0 radical (unpaired) electrons. The summed E-state index contributed by atoms with van der Waals surface area (Å²) < 4.78 is 53.2. The molecule has 2 heterocycles. The van der Waals surface area contributed by atoms with Crippen LogP contribution < -0.4 is 5.32 Å². The van der Waals surface area contributed by atoms with E-state index in [1.54, 1.807) is 0 Å². The van der Waals surface area contributed by atoms with E-state index in [0.29, 0.717) is 32.2 Å². The van der Waals surface area contributed by atoms with Crippen molar-refractivity contribution >= 4 is 22.4 Å². The van der Waals surface area contributed by atoms with Gasteiger partial charge in [0.2, 0.25) is 10.0 Å². The molecule has 2 aliphatic rings. The largest absolute Gasteiger partial charge is 0.315 e. The molecule has 1 N–H and O–H groups in total. The molecule has 0 aromatic heterocycles. The molecular weight excluding hydrogens is 348 g/mol. The predicted molar refractivity (Wildman–Crippen MR) is 85.2 cm³/mol. The second-order valence-electron chi connectivity index (χ2n) is 5.66. The van der Waals surface area contributed by atoms with Gasteiger partial charge in [-0.25, -0.2) is 17.2 Å². The first-order valence-electron chi connectivity index (χ1n) is 7.38. The first-order valence-corrected chi connectivity index (χ1v) is 8.82. The minimum absolute atomic E-state index is 0. The normalized spacial score (nSPS) is 23.7. The van der Waals surface area contributed by atoms with Crippen LogP contribution in [0, 0.1) is 11.6 Å². The van der Waals surface area contributed by atoms with Crippen LogP contribution in [-0.4, -0.2) is 62.9 Å². The van der Waals surface area contributed by atoms with Crippen molar-refractivity contribution in [2.45, 2.75) is 17.4 Å². The highest BCUT2D eigenvalue weighted by molar-refractivity contribution is 7.89. The van der Waals surface area contributed by atoms with Gasteiger partial charge >= 0.3 is 0 Å². The first-order chi connectivity index (χ1) is 10.5. The molecule has 0 bridgehead atoms. The fourth-order valence-electron chi connectivity index (χ4n) is 3.07. The van der Waals surface area contributed by atoms with Crippen molar-refractivity contribution in [2.24, 2.45) is 0 Å². The van der Waals surface area contributed by atoms with Crippen molar-refractivity contribution in [2.75, 3.05) is 39.3 Å². The van der Waals surface area contributed by atoms with Gasteiger partial charge in [-0.2, -0.15) is 4.31 Å². The minimum atomic E-state index is -3.99. The number of hydrogen-bond acceptors (Lipinski definition) is 4. The molecule has 9 heteroatoms. The van der Waals surface area contributed by atoms with Gasteiger partial charge in [0, 0.05) is 38.8 Å². The molecule has 5 nitrogen and oxygen atoms in total. The van der Waals surface area contributed by atoms with Gasteiger partial charge in [-0.1, -0.05) is 0 Å². The zero-order chi connectivity index (χ0) is 15.7. The summed E-state index contributed by atoms with van der Waals surface area (Å²) in [6, 6.07) is 2.95. The molecule has 1 aromatic carbocycles. The molecule has 3 rings (SSSR count). The summed E-state index contributed by atoms with van der Waals surface area (Å²) >= 11 is 0. The van der Waals surface area contributed by atoms with Crippen LogP contribution in [0.2, 0.25) is 0 Å². The molecular formula is C14H20ClF2N3O2S. The van der Waals surface area contributed by atoms with E-state index in [-0.39, 0.29) is 12.4 Å². The molecule has 130 valence electrons. The summed E-state index contributed by atoms with van der Waals surface area (Å²) in [6.07, 6.45) is 1.06. The van der Waals surface area contributed by atoms with E-state index < -0.39 is 26.6 Å². The van der Waals surface area contributed by atoms with E-state index >= 15 is 0 Å². The maximum Gasteiger partial charge on any atom is 0.246 e. The molecule has 2 fully saturated rings. The number of piperazine rings is 1. The lowest BCUT2D eigenvalue weighted by atomic mass is 10.2. The van der Waals surface area contributed by atoms with Crippen molar-refractivity contribution in [3.05, 3.63) is 29.8 Å². The maximum atomic E-state index is 13.8. The Balaban J connectivity index is 0.00000192. The fraction of sp³-hybridized carbons (Fsp3) is 0.571. The van der Waals surface area contributed by atoms with Gasteiger partial charge in [0.05, 0.1) is 0 Å². The summed E-state index contributed by atoms with van der Waals surface area (Å²) in [7, 11) is -3.99. The van der Waals surface area contributed by atoms with Crippen molar-refractivity contribution in [3.63, 3.8) is 0 Å². The highest BCUT2D eigenvalue weighted by Crippen LogP contribution is 2.22. The average molecular weight is 368 g/mol. The smallest absolute Gasteiger partial charge is 0.246 e. The lowest BCUT2D eigenvalue weighted by Gasteiger charge is -2.37. The van der Waals surface area contributed by atoms with E-state index in [2.05, 4.69) is 10.2 Å². The Morgan fingerprint density at radius 2 is 1.83 bits per heavy atom. The molecule has 1 aromatic rings. The van der Waals surface area contributed by atoms with Gasteiger partial charge in [-0.3, -0.25) is 4.90 Å². The van der Waals surface area contributed by atoms with Crippen molar-refractivity contribution in [1.29, 1.82) is 0 Å². The second-order valence-corrected chi connectivity index (χ2v) is 7.57. The summed E-state index contributed by atoms with van der Waals surface area (Å²) in [5, 5.41) is 3.29. The third-order valence-corrected chi connectivity index (χ3v) is 6.25. The molecule has 1 unspecified atom stereocenters. The molecule has 0 spiro atoms. The predicted octanol–water partition coefficient (Wildman–Crippen LogP) is 1.05. The monoisotopic (exact) mass is 367 g/mol.